The van der Waals surface area contributed by atoms with E-state index in [0.29, 0.717) is 12.8 Å². The third-order valence-corrected chi connectivity index (χ3v) is 4.66. The molecule has 4 atom stereocenters. The average Bonchev–Trinajstić information content (AvgIpc) is 2.84. The molecule has 1 fully saturated rings. The summed E-state index contributed by atoms with van der Waals surface area (Å²) >= 11 is 0. The topological polar surface area (TPSA) is 78.9 Å². The molecule has 1 aliphatic carbocycles. The summed E-state index contributed by atoms with van der Waals surface area (Å²) in [6.07, 6.45) is 6.03. The summed E-state index contributed by atoms with van der Waals surface area (Å²) in [5.41, 5.74) is 2.01. The van der Waals surface area contributed by atoms with E-state index in [2.05, 4.69) is 6.58 Å². The van der Waals surface area contributed by atoms with Gasteiger partial charge < -0.3 is 14.2 Å². The van der Waals surface area contributed by atoms with E-state index >= 15 is 0 Å². The molecule has 0 aromatic carbocycles. The van der Waals surface area contributed by atoms with Crippen LogP contribution < -0.4 is 0 Å². The van der Waals surface area contributed by atoms with Gasteiger partial charge >= 0.3 is 17.9 Å². The van der Waals surface area contributed by atoms with Gasteiger partial charge in [-0.15, -0.1) is 0 Å². The molecular weight excluding hydrogens is 348 g/mol. The molecular formula is C21H26O6. The van der Waals surface area contributed by atoms with Crippen molar-refractivity contribution in [2.75, 3.05) is 0 Å². The molecule has 0 spiro atoms. The zero-order valence-electron chi connectivity index (χ0n) is 16.2. The van der Waals surface area contributed by atoms with Crippen LogP contribution in [-0.4, -0.2) is 36.2 Å². The lowest BCUT2D eigenvalue weighted by molar-refractivity contribution is -0.146. The highest BCUT2D eigenvalue weighted by molar-refractivity contribution is 5.91. The largest absolute Gasteiger partial charge is 0.458 e. The van der Waals surface area contributed by atoms with E-state index in [-0.39, 0.29) is 11.5 Å². The summed E-state index contributed by atoms with van der Waals surface area (Å²) in [5, 5.41) is 0. The first-order valence-electron chi connectivity index (χ1n) is 8.98. The Morgan fingerprint density at radius 2 is 1.96 bits per heavy atom. The van der Waals surface area contributed by atoms with Gasteiger partial charge in [0.05, 0.1) is 5.92 Å². The first-order chi connectivity index (χ1) is 12.7. The summed E-state index contributed by atoms with van der Waals surface area (Å²) in [6, 6.07) is 0. The predicted molar refractivity (Wildman–Crippen MR) is 99.5 cm³/mol. The maximum atomic E-state index is 12.1. The number of hydrogen-bond donors (Lipinski definition) is 0. The fourth-order valence-electron chi connectivity index (χ4n) is 3.32. The molecule has 1 aliphatic heterocycles. The Labute approximate surface area is 159 Å². The molecule has 0 saturated carbocycles. The molecule has 2 rings (SSSR count). The lowest BCUT2D eigenvalue weighted by Gasteiger charge is -2.27. The smallest absolute Gasteiger partial charge is 0.334 e. The first kappa shape index (κ1) is 20.7. The normalized spacial score (nSPS) is 32.6. The van der Waals surface area contributed by atoms with Crippen molar-refractivity contribution in [3.05, 3.63) is 47.6 Å². The molecule has 146 valence electrons. The summed E-state index contributed by atoms with van der Waals surface area (Å²) in [5.74, 6) is -1.91. The van der Waals surface area contributed by atoms with Crippen LogP contribution in [0.1, 0.15) is 40.5 Å². The minimum Gasteiger partial charge on any atom is -0.458 e. The molecule has 0 unspecified atom stereocenters. The average molecular weight is 374 g/mol. The Kier molecular flexibility index (Phi) is 6.77. The Bertz CT molecular complexity index is 727. The predicted octanol–water partition coefficient (Wildman–Crippen LogP) is 3.19. The van der Waals surface area contributed by atoms with E-state index in [1.165, 1.54) is 13.0 Å². The molecule has 6 heteroatoms. The lowest BCUT2D eigenvalue weighted by Crippen LogP contribution is -2.32. The van der Waals surface area contributed by atoms with Crippen LogP contribution in [0.4, 0.5) is 0 Å². The van der Waals surface area contributed by atoms with Crippen LogP contribution in [0, 0.1) is 5.92 Å². The molecule has 1 heterocycles. The van der Waals surface area contributed by atoms with E-state index in [9.17, 15) is 14.4 Å². The van der Waals surface area contributed by atoms with Gasteiger partial charge in [0.1, 0.15) is 18.3 Å². The number of carbonyl (C=O) groups excluding carboxylic acids is 3. The third-order valence-electron chi connectivity index (χ3n) is 4.66. The van der Waals surface area contributed by atoms with Gasteiger partial charge in [-0.1, -0.05) is 18.2 Å². The highest BCUT2D eigenvalue weighted by Crippen LogP contribution is 2.35. The van der Waals surface area contributed by atoms with Gasteiger partial charge in [0.2, 0.25) is 0 Å². The van der Waals surface area contributed by atoms with Crippen LogP contribution in [0.25, 0.3) is 0 Å². The zero-order valence-corrected chi connectivity index (χ0v) is 16.2. The molecule has 2 aliphatic rings. The maximum absolute atomic E-state index is 12.1. The van der Waals surface area contributed by atoms with E-state index in [0.717, 1.165) is 11.1 Å². The molecule has 0 radical (unpaired) electrons. The Hall–Kier alpha value is -2.63. The van der Waals surface area contributed by atoms with Crippen LogP contribution in [-0.2, 0) is 28.6 Å². The molecule has 27 heavy (non-hydrogen) atoms. The Morgan fingerprint density at radius 1 is 1.26 bits per heavy atom. The van der Waals surface area contributed by atoms with Crippen LogP contribution in [0.3, 0.4) is 0 Å². The minimum atomic E-state index is -0.674. The molecule has 0 bridgehead atoms. The highest BCUT2D eigenvalue weighted by Gasteiger charge is 2.44. The number of esters is 3. The molecule has 0 aromatic rings. The summed E-state index contributed by atoms with van der Waals surface area (Å²) < 4.78 is 16.4. The Morgan fingerprint density at radius 3 is 2.59 bits per heavy atom. The van der Waals surface area contributed by atoms with Crippen molar-refractivity contribution in [1.82, 2.24) is 0 Å². The van der Waals surface area contributed by atoms with Gasteiger partial charge in [-0.2, -0.15) is 0 Å². The Balaban J connectivity index is 2.43. The molecule has 1 saturated heterocycles. The third kappa shape index (κ3) is 5.18. The molecule has 0 N–H and O–H groups in total. The fourth-order valence-corrected chi connectivity index (χ4v) is 3.32. The summed E-state index contributed by atoms with van der Waals surface area (Å²) in [7, 11) is 0. The number of allylic oxidation sites excluding steroid dienone is 2. The van der Waals surface area contributed by atoms with Crippen molar-refractivity contribution in [1.29, 1.82) is 0 Å². The van der Waals surface area contributed by atoms with E-state index < -0.39 is 36.2 Å². The second-order valence-corrected chi connectivity index (χ2v) is 6.88. The van der Waals surface area contributed by atoms with Gasteiger partial charge in [0.25, 0.3) is 0 Å². The highest BCUT2D eigenvalue weighted by atomic mass is 16.6. The quantitative estimate of drug-likeness (QED) is 0.327. The van der Waals surface area contributed by atoms with Crippen LogP contribution in [0.5, 0.6) is 0 Å². The van der Waals surface area contributed by atoms with Crippen molar-refractivity contribution in [2.45, 2.75) is 58.8 Å². The van der Waals surface area contributed by atoms with E-state index in [1.54, 1.807) is 19.1 Å². The standard InChI is InChI=1S/C21H26O6/c1-6-7-19(23)26-17-10-12(2)8-9-16(25-15(5)22)13(3)11-18-20(17)14(4)21(24)27-18/h6-7,10-11,16-18,20H,4,8-9H2,1-3,5H3/b7-6+,12-10+,13-11+/t16-,17+,18-,20-/m0/s1. The number of rotatable bonds is 3. The second kappa shape index (κ2) is 8.84. The number of ether oxygens (including phenoxy) is 3. The SMILES string of the molecule is C=C1C(=O)O[C@H]2/C=C(\C)[C@@H](OC(C)=O)CC/C(C)=C/[C@@H](OC(=O)/C=C/C)[C@H]12. The van der Waals surface area contributed by atoms with Gasteiger partial charge in [-0.3, -0.25) is 4.79 Å². The van der Waals surface area contributed by atoms with Crippen LogP contribution in [0.15, 0.2) is 47.6 Å². The van der Waals surface area contributed by atoms with Crippen LogP contribution in [0.2, 0.25) is 0 Å². The molecule has 0 amide bonds. The van der Waals surface area contributed by atoms with Gasteiger partial charge in [-0.05, 0) is 51.3 Å². The zero-order chi connectivity index (χ0) is 20.1. The van der Waals surface area contributed by atoms with Crippen LogP contribution >= 0.6 is 0 Å². The van der Waals surface area contributed by atoms with Crippen molar-refractivity contribution in [3.8, 4) is 0 Å². The number of hydrogen-bond acceptors (Lipinski definition) is 6. The molecule has 0 aromatic heterocycles. The van der Waals surface area contributed by atoms with E-state index in [1.807, 2.05) is 19.9 Å². The number of fused-ring (bicyclic) bond motifs is 1. The van der Waals surface area contributed by atoms with Gasteiger partial charge in [0, 0.05) is 18.6 Å². The monoisotopic (exact) mass is 374 g/mol. The fraction of sp³-hybridized carbons (Fsp3) is 0.476. The van der Waals surface area contributed by atoms with Gasteiger partial charge in [0.15, 0.2) is 0 Å². The maximum Gasteiger partial charge on any atom is 0.334 e. The summed E-state index contributed by atoms with van der Waals surface area (Å²) in [4.78, 5) is 35.6. The van der Waals surface area contributed by atoms with Crippen molar-refractivity contribution in [2.24, 2.45) is 5.92 Å². The number of carbonyl (C=O) groups is 3. The van der Waals surface area contributed by atoms with Gasteiger partial charge in [-0.25, -0.2) is 9.59 Å². The van der Waals surface area contributed by atoms with Crippen molar-refractivity contribution >= 4 is 17.9 Å². The second-order valence-electron chi connectivity index (χ2n) is 6.88. The summed E-state index contributed by atoms with van der Waals surface area (Å²) in [6.45, 7) is 10.7. The first-order valence-corrected chi connectivity index (χ1v) is 8.98. The van der Waals surface area contributed by atoms with Crippen molar-refractivity contribution in [3.63, 3.8) is 0 Å². The van der Waals surface area contributed by atoms with E-state index in [4.69, 9.17) is 14.2 Å². The minimum absolute atomic E-state index is 0.260. The lowest BCUT2D eigenvalue weighted by atomic mass is 9.86. The molecule has 6 nitrogen and oxygen atoms in total. The van der Waals surface area contributed by atoms with Crippen molar-refractivity contribution < 1.29 is 28.6 Å².